The lowest BCUT2D eigenvalue weighted by molar-refractivity contribution is 0.242. The summed E-state index contributed by atoms with van der Waals surface area (Å²) in [7, 11) is 0. The SMILES string of the molecule is CC(C)Oc1ccc(NC(=NCCc2cccs2)NCCn2cccn2)cc1.I. The lowest BCUT2D eigenvalue weighted by Gasteiger charge is -2.14. The number of benzene rings is 1. The first-order valence-electron chi connectivity index (χ1n) is 9.51. The summed E-state index contributed by atoms with van der Waals surface area (Å²) in [4.78, 5) is 6.07. The first-order chi connectivity index (χ1) is 13.7. The van der Waals surface area contributed by atoms with E-state index in [1.807, 2.05) is 55.1 Å². The lowest BCUT2D eigenvalue weighted by atomic mass is 10.3. The molecule has 0 atom stereocenters. The van der Waals surface area contributed by atoms with Gasteiger partial charge in [-0.2, -0.15) is 5.10 Å². The molecule has 1 aromatic carbocycles. The van der Waals surface area contributed by atoms with Gasteiger partial charge in [-0.15, -0.1) is 35.3 Å². The third-order valence-electron chi connectivity index (χ3n) is 3.89. The Morgan fingerprint density at radius 2 is 2.03 bits per heavy atom. The highest BCUT2D eigenvalue weighted by Gasteiger charge is 2.03. The molecule has 0 bridgehead atoms. The fourth-order valence-corrected chi connectivity index (χ4v) is 3.32. The second-order valence-corrected chi connectivity index (χ2v) is 7.60. The molecular weight excluding hydrogens is 497 g/mol. The molecule has 0 aliphatic carbocycles. The van der Waals surface area contributed by atoms with Crippen molar-refractivity contribution in [3.63, 3.8) is 0 Å². The van der Waals surface area contributed by atoms with Gasteiger partial charge in [-0.1, -0.05) is 6.07 Å². The number of halogens is 1. The van der Waals surface area contributed by atoms with Crippen molar-refractivity contribution in [1.29, 1.82) is 0 Å². The van der Waals surface area contributed by atoms with Gasteiger partial charge in [0.2, 0.25) is 0 Å². The molecule has 3 aromatic rings. The Bertz CT molecular complexity index is 833. The minimum absolute atomic E-state index is 0. The Labute approximate surface area is 193 Å². The quantitative estimate of drug-likeness (QED) is 0.243. The van der Waals surface area contributed by atoms with E-state index in [-0.39, 0.29) is 30.1 Å². The van der Waals surface area contributed by atoms with Gasteiger partial charge in [-0.25, -0.2) is 0 Å². The van der Waals surface area contributed by atoms with Crippen LogP contribution in [0.5, 0.6) is 5.75 Å². The Kier molecular flexibility index (Phi) is 9.99. The van der Waals surface area contributed by atoms with Gasteiger partial charge < -0.3 is 15.4 Å². The summed E-state index contributed by atoms with van der Waals surface area (Å²) >= 11 is 1.77. The number of nitrogens with zero attached hydrogens (tertiary/aromatic N) is 3. The molecule has 2 N–H and O–H groups in total. The largest absolute Gasteiger partial charge is 0.491 e. The number of thiophene rings is 1. The fraction of sp³-hybridized carbons (Fsp3) is 0.333. The average Bonchev–Trinajstić information content (AvgIpc) is 3.37. The number of nitrogens with one attached hydrogen (secondary N) is 2. The summed E-state index contributed by atoms with van der Waals surface area (Å²) in [5.41, 5.74) is 0.970. The molecule has 0 saturated carbocycles. The van der Waals surface area contributed by atoms with Crippen LogP contribution in [0.3, 0.4) is 0 Å². The molecule has 6 nitrogen and oxygen atoms in total. The molecule has 2 heterocycles. The van der Waals surface area contributed by atoms with Crippen LogP contribution < -0.4 is 15.4 Å². The number of hydrogen-bond acceptors (Lipinski definition) is 4. The van der Waals surface area contributed by atoms with Crippen LogP contribution in [0.15, 0.2) is 65.2 Å². The van der Waals surface area contributed by atoms with Gasteiger partial charge in [-0.05, 0) is 55.6 Å². The van der Waals surface area contributed by atoms with Gasteiger partial charge in [0.05, 0.1) is 12.6 Å². The first kappa shape index (κ1) is 23.2. The second-order valence-electron chi connectivity index (χ2n) is 6.57. The van der Waals surface area contributed by atoms with Crippen LogP contribution in [0, 0.1) is 0 Å². The van der Waals surface area contributed by atoms with E-state index in [1.54, 1.807) is 17.5 Å². The first-order valence-corrected chi connectivity index (χ1v) is 10.4. The number of guanidine groups is 1. The molecule has 29 heavy (non-hydrogen) atoms. The van der Waals surface area contributed by atoms with E-state index in [2.05, 4.69) is 33.2 Å². The Morgan fingerprint density at radius 3 is 2.69 bits per heavy atom. The van der Waals surface area contributed by atoms with E-state index in [9.17, 15) is 0 Å². The van der Waals surface area contributed by atoms with Crippen molar-refractivity contribution in [2.45, 2.75) is 32.9 Å². The Hall–Kier alpha value is -2.07. The van der Waals surface area contributed by atoms with Crippen LogP contribution >= 0.6 is 35.3 Å². The number of aliphatic imine (C=N–C) groups is 1. The normalized spacial score (nSPS) is 11.2. The molecule has 2 aromatic heterocycles. The molecule has 0 unspecified atom stereocenters. The van der Waals surface area contributed by atoms with Crippen molar-refractivity contribution in [3.8, 4) is 5.75 Å². The lowest BCUT2D eigenvalue weighted by Crippen LogP contribution is -2.33. The van der Waals surface area contributed by atoms with E-state index in [0.717, 1.165) is 43.5 Å². The van der Waals surface area contributed by atoms with Gasteiger partial charge in [0.25, 0.3) is 0 Å². The van der Waals surface area contributed by atoms with Crippen LogP contribution in [0.4, 0.5) is 5.69 Å². The fourth-order valence-electron chi connectivity index (χ4n) is 2.62. The molecule has 0 amide bonds. The zero-order valence-corrected chi connectivity index (χ0v) is 19.9. The molecule has 0 spiro atoms. The van der Waals surface area contributed by atoms with Gasteiger partial charge in [0, 0.05) is 42.5 Å². The predicted molar refractivity (Wildman–Crippen MR) is 132 cm³/mol. The third-order valence-corrected chi connectivity index (χ3v) is 4.83. The molecule has 0 saturated heterocycles. The minimum atomic E-state index is 0. The van der Waals surface area contributed by atoms with Crippen LogP contribution in [0.25, 0.3) is 0 Å². The molecular formula is C21H28IN5OS. The third kappa shape index (κ3) is 8.45. The topological polar surface area (TPSA) is 63.5 Å². The van der Waals surface area contributed by atoms with Crippen LogP contribution in [0.1, 0.15) is 18.7 Å². The van der Waals surface area contributed by atoms with Crippen molar-refractivity contribution >= 4 is 47.0 Å². The van der Waals surface area contributed by atoms with Crippen molar-refractivity contribution < 1.29 is 4.74 Å². The maximum Gasteiger partial charge on any atom is 0.195 e. The summed E-state index contributed by atoms with van der Waals surface area (Å²) < 4.78 is 7.60. The van der Waals surface area contributed by atoms with Crippen LogP contribution in [0.2, 0.25) is 0 Å². The van der Waals surface area contributed by atoms with Crippen molar-refractivity contribution in [1.82, 2.24) is 15.1 Å². The van der Waals surface area contributed by atoms with E-state index in [0.29, 0.717) is 0 Å². The van der Waals surface area contributed by atoms with Crippen molar-refractivity contribution in [3.05, 3.63) is 65.1 Å². The van der Waals surface area contributed by atoms with Gasteiger partial charge in [0.1, 0.15) is 5.75 Å². The Balaban J connectivity index is 0.00000300. The van der Waals surface area contributed by atoms with E-state index in [4.69, 9.17) is 9.73 Å². The van der Waals surface area contributed by atoms with Crippen molar-refractivity contribution in [2.24, 2.45) is 4.99 Å². The summed E-state index contributed by atoms with van der Waals surface area (Å²) in [6.45, 7) is 6.29. The second kappa shape index (κ2) is 12.5. The molecule has 0 radical (unpaired) electrons. The smallest absolute Gasteiger partial charge is 0.195 e. The summed E-state index contributed by atoms with van der Waals surface area (Å²) in [5.74, 6) is 1.63. The van der Waals surface area contributed by atoms with Gasteiger partial charge in [-0.3, -0.25) is 9.67 Å². The Morgan fingerprint density at radius 1 is 1.21 bits per heavy atom. The highest BCUT2D eigenvalue weighted by atomic mass is 127. The summed E-state index contributed by atoms with van der Waals surface area (Å²) in [6, 6.07) is 14.1. The number of rotatable bonds is 9. The van der Waals surface area contributed by atoms with E-state index < -0.39 is 0 Å². The number of anilines is 1. The zero-order chi connectivity index (χ0) is 19.6. The maximum atomic E-state index is 5.70. The standard InChI is InChI=1S/C21H27N5OS.HI/c1-17(2)27-19-8-6-18(7-9-19)25-21(22-12-10-20-5-3-16-28-20)23-13-15-26-14-4-11-24-26;/h3-9,11,14,16-17H,10,12-13,15H2,1-2H3,(H2,22,23,25);1H. The monoisotopic (exact) mass is 525 g/mol. The summed E-state index contributed by atoms with van der Waals surface area (Å²) in [5, 5.41) is 13.1. The van der Waals surface area contributed by atoms with Gasteiger partial charge in [0.15, 0.2) is 5.96 Å². The molecule has 156 valence electrons. The highest BCUT2D eigenvalue weighted by Crippen LogP contribution is 2.17. The molecule has 8 heteroatoms. The zero-order valence-electron chi connectivity index (χ0n) is 16.7. The molecule has 0 aliphatic rings. The maximum absolute atomic E-state index is 5.70. The van der Waals surface area contributed by atoms with Crippen LogP contribution in [-0.2, 0) is 13.0 Å². The number of aromatic nitrogens is 2. The molecule has 0 aliphatic heterocycles. The molecule has 0 fully saturated rings. The predicted octanol–water partition coefficient (Wildman–Crippen LogP) is 4.65. The highest BCUT2D eigenvalue weighted by molar-refractivity contribution is 14.0. The minimum Gasteiger partial charge on any atom is -0.491 e. The van der Waals surface area contributed by atoms with Crippen LogP contribution in [-0.4, -0.2) is 34.9 Å². The molecule has 3 rings (SSSR count). The van der Waals surface area contributed by atoms with Gasteiger partial charge >= 0.3 is 0 Å². The number of ether oxygens (including phenoxy) is 1. The number of hydrogen-bond donors (Lipinski definition) is 2. The van der Waals surface area contributed by atoms with E-state index in [1.165, 1.54) is 4.88 Å². The average molecular weight is 525 g/mol. The van der Waals surface area contributed by atoms with E-state index >= 15 is 0 Å². The summed E-state index contributed by atoms with van der Waals surface area (Å²) in [6.07, 6.45) is 4.84. The van der Waals surface area contributed by atoms with Crippen molar-refractivity contribution in [2.75, 3.05) is 18.4 Å².